The zero-order chi connectivity index (χ0) is 15.7. The monoisotopic (exact) mass is 316 g/mol. The van der Waals surface area contributed by atoms with E-state index in [0.29, 0.717) is 11.2 Å². The largest absolute Gasteiger partial charge is 0.331 e. The highest BCUT2D eigenvalue weighted by Crippen LogP contribution is 2.19. The van der Waals surface area contributed by atoms with E-state index in [4.69, 9.17) is 0 Å². The molecule has 0 aliphatic carbocycles. The number of nitrogens with one attached hydrogen (secondary N) is 1. The summed E-state index contributed by atoms with van der Waals surface area (Å²) >= 11 is 0. The number of imidazole rings is 1. The predicted molar refractivity (Wildman–Crippen MR) is 83.7 cm³/mol. The van der Waals surface area contributed by atoms with Gasteiger partial charge in [-0.25, -0.2) is 18.1 Å². The maximum absolute atomic E-state index is 12.4. The average Bonchev–Trinajstić information content (AvgIpc) is 2.81. The maximum Gasteiger partial charge on any atom is 0.241 e. The van der Waals surface area contributed by atoms with Crippen LogP contribution < -0.4 is 4.72 Å². The van der Waals surface area contributed by atoms with Crippen molar-refractivity contribution >= 4 is 21.1 Å². The molecular formula is C15H16N4O2S. The summed E-state index contributed by atoms with van der Waals surface area (Å²) in [7, 11) is -1.69. The lowest BCUT2D eigenvalue weighted by Crippen LogP contribution is -2.23. The molecule has 0 unspecified atom stereocenters. The number of hydrogen-bond acceptors (Lipinski definition) is 4. The minimum absolute atomic E-state index is 0.155. The molecule has 1 aromatic carbocycles. The number of sulfonamides is 1. The van der Waals surface area contributed by atoms with Crippen LogP contribution in [0.3, 0.4) is 0 Å². The van der Waals surface area contributed by atoms with E-state index in [2.05, 4.69) is 14.7 Å². The molecule has 2 heterocycles. The van der Waals surface area contributed by atoms with Crippen LogP contribution >= 0.6 is 0 Å². The summed E-state index contributed by atoms with van der Waals surface area (Å²) in [6, 6.07) is 10.3. The van der Waals surface area contributed by atoms with Crippen LogP contribution in [-0.2, 0) is 23.6 Å². The van der Waals surface area contributed by atoms with Crippen LogP contribution in [0.2, 0.25) is 0 Å². The van der Waals surface area contributed by atoms with Crippen molar-refractivity contribution in [2.75, 3.05) is 0 Å². The molecule has 114 valence electrons. The van der Waals surface area contributed by atoms with Crippen molar-refractivity contribution in [1.29, 1.82) is 0 Å². The van der Waals surface area contributed by atoms with Crippen LogP contribution in [0.5, 0.6) is 0 Å². The second-order valence-electron chi connectivity index (χ2n) is 5.01. The average molecular weight is 316 g/mol. The first kappa shape index (κ1) is 14.7. The lowest BCUT2D eigenvalue weighted by molar-refractivity contribution is 0.580. The zero-order valence-electron chi connectivity index (χ0n) is 12.3. The lowest BCUT2D eigenvalue weighted by atomic mass is 10.3. The fourth-order valence-electron chi connectivity index (χ4n) is 2.22. The SMILES string of the molecule is Cc1nc2cc(S(=O)(=O)NCc3ccccn3)ccc2n1C. The van der Waals surface area contributed by atoms with Crippen molar-refractivity contribution in [2.24, 2.45) is 7.05 Å². The Morgan fingerprint density at radius 2 is 2.05 bits per heavy atom. The van der Waals surface area contributed by atoms with Gasteiger partial charge in [0.1, 0.15) is 5.82 Å². The van der Waals surface area contributed by atoms with Gasteiger partial charge < -0.3 is 4.57 Å². The van der Waals surface area contributed by atoms with Crippen LogP contribution in [0.1, 0.15) is 11.5 Å². The van der Waals surface area contributed by atoms with E-state index in [9.17, 15) is 8.42 Å². The first-order valence-corrected chi connectivity index (χ1v) is 8.28. The Morgan fingerprint density at radius 1 is 1.23 bits per heavy atom. The number of fused-ring (bicyclic) bond motifs is 1. The molecule has 0 saturated carbocycles. The van der Waals surface area contributed by atoms with E-state index in [1.807, 2.05) is 24.6 Å². The maximum atomic E-state index is 12.4. The summed E-state index contributed by atoms with van der Waals surface area (Å²) in [4.78, 5) is 8.66. The normalized spacial score (nSPS) is 11.9. The van der Waals surface area contributed by atoms with Crippen molar-refractivity contribution in [3.63, 3.8) is 0 Å². The standard InChI is InChI=1S/C15H16N4O2S/c1-11-18-14-9-13(6-7-15(14)19(11)2)22(20,21)17-10-12-5-3-4-8-16-12/h3-9,17H,10H2,1-2H3. The minimum Gasteiger partial charge on any atom is -0.331 e. The fourth-order valence-corrected chi connectivity index (χ4v) is 3.24. The van der Waals surface area contributed by atoms with Crippen molar-refractivity contribution in [1.82, 2.24) is 19.3 Å². The molecule has 3 rings (SSSR count). The third-order valence-electron chi connectivity index (χ3n) is 3.56. The summed E-state index contributed by atoms with van der Waals surface area (Å²) in [5.74, 6) is 0.839. The quantitative estimate of drug-likeness (QED) is 0.795. The number of nitrogens with zero attached hydrogens (tertiary/aromatic N) is 3. The molecule has 2 aromatic heterocycles. The van der Waals surface area contributed by atoms with E-state index in [1.165, 1.54) is 0 Å². The van der Waals surface area contributed by atoms with Crippen molar-refractivity contribution in [2.45, 2.75) is 18.4 Å². The molecule has 6 nitrogen and oxygen atoms in total. The molecule has 0 atom stereocenters. The Bertz CT molecular complexity index is 917. The van der Waals surface area contributed by atoms with Crippen LogP contribution in [0.15, 0.2) is 47.5 Å². The van der Waals surface area contributed by atoms with Gasteiger partial charge in [0, 0.05) is 13.2 Å². The van der Waals surface area contributed by atoms with Gasteiger partial charge in [0.05, 0.1) is 28.2 Å². The Kier molecular flexibility index (Phi) is 3.67. The minimum atomic E-state index is -3.59. The molecule has 7 heteroatoms. The predicted octanol–water partition coefficient (Wildman–Crippen LogP) is 1.76. The molecule has 0 aliphatic rings. The van der Waals surface area contributed by atoms with Crippen molar-refractivity contribution in [3.8, 4) is 0 Å². The number of aryl methyl sites for hydroxylation is 2. The number of rotatable bonds is 4. The third-order valence-corrected chi connectivity index (χ3v) is 4.95. The van der Waals surface area contributed by atoms with Gasteiger partial charge in [0.15, 0.2) is 0 Å². The summed E-state index contributed by atoms with van der Waals surface area (Å²) < 4.78 is 29.2. The van der Waals surface area contributed by atoms with Crippen LogP contribution in [-0.4, -0.2) is 23.0 Å². The van der Waals surface area contributed by atoms with Gasteiger partial charge in [-0.2, -0.15) is 0 Å². The molecule has 22 heavy (non-hydrogen) atoms. The second kappa shape index (κ2) is 5.51. The zero-order valence-corrected chi connectivity index (χ0v) is 13.1. The molecule has 0 spiro atoms. The fraction of sp³-hybridized carbons (Fsp3) is 0.200. The Hall–Kier alpha value is -2.25. The molecule has 0 radical (unpaired) electrons. The van der Waals surface area contributed by atoms with Gasteiger partial charge in [-0.3, -0.25) is 4.98 Å². The Labute approximate surface area is 128 Å². The summed E-state index contributed by atoms with van der Waals surface area (Å²) in [6.45, 7) is 2.04. The molecule has 0 amide bonds. The van der Waals surface area contributed by atoms with Crippen LogP contribution in [0, 0.1) is 6.92 Å². The van der Waals surface area contributed by atoms with Gasteiger partial charge in [0.2, 0.25) is 10.0 Å². The molecule has 0 saturated heterocycles. The van der Waals surface area contributed by atoms with E-state index >= 15 is 0 Å². The first-order valence-electron chi connectivity index (χ1n) is 6.80. The highest BCUT2D eigenvalue weighted by atomic mass is 32.2. The van der Waals surface area contributed by atoms with Gasteiger partial charge >= 0.3 is 0 Å². The Morgan fingerprint density at radius 3 is 2.77 bits per heavy atom. The van der Waals surface area contributed by atoms with E-state index < -0.39 is 10.0 Å². The van der Waals surface area contributed by atoms with Gasteiger partial charge in [-0.1, -0.05) is 6.07 Å². The highest BCUT2D eigenvalue weighted by Gasteiger charge is 2.16. The topological polar surface area (TPSA) is 76.9 Å². The first-order chi connectivity index (χ1) is 10.5. The number of pyridine rings is 1. The number of aromatic nitrogens is 3. The van der Waals surface area contributed by atoms with E-state index in [1.54, 1.807) is 36.5 Å². The molecular weight excluding hydrogens is 300 g/mol. The lowest BCUT2D eigenvalue weighted by Gasteiger charge is -2.06. The molecule has 1 N–H and O–H groups in total. The van der Waals surface area contributed by atoms with Crippen LogP contribution in [0.4, 0.5) is 0 Å². The van der Waals surface area contributed by atoms with Crippen LogP contribution in [0.25, 0.3) is 11.0 Å². The van der Waals surface area contributed by atoms with E-state index in [-0.39, 0.29) is 11.4 Å². The van der Waals surface area contributed by atoms with Gasteiger partial charge in [-0.05, 0) is 37.3 Å². The van der Waals surface area contributed by atoms with Crippen molar-refractivity contribution in [3.05, 3.63) is 54.1 Å². The Balaban J connectivity index is 1.88. The third kappa shape index (κ3) is 2.72. The number of hydrogen-bond donors (Lipinski definition) is 1. The second-order valence-corrected chi connectivity index (χ2v) is 6.78. The van der Waals surface area contributed by atoms with Gasteiger partial charge in [0.25, 0.3) is 0 Å². The van der Waals surface area contributed by atoms with Crippen molar-refractivity contribution < 1.29 is 8.42 Å². The summed E-state index contributed by atoms with van der Waals surface area (Å²) in [5.41, 5.74) is 2.24. The van der Waals surface area contributed by atoms with E-state index in [0.717, 1.165) is 11.3 Å². The molecule has 0 bridgehead atoms. The highest BCUT2D eigenvalue weighted by molar-refractivity contribution is 7.89. The number of benzene rings is 1. The summed E-state index contributed by atoms with van der Waals surface area (Å²) in [5, 5.41) is 0. The molecule has 0 fully saturated rings. The molecule has 3 aromatic rings. The molecule has 0 aliphatic heterocycles. The van der Waals surface area contributed by atoms with Gasteiger partial charge in [-0.15, -0.1) is 0 Å². The summed E-state index contributed by atoms with van der Waals surface area (Å²) in [6.07, 6.45) is 1.63. The smallest absolute Gasteiger partial charge is 0.241 e.